The number of aryl methyl sites for hydroxylation is 1. The van der Waals surface area contributed by atoms with E-state index >= 15 is 0 Å². The fourth-order valence-electron chi connectivity index (χ4n) is 3.04. The number of nitrogens with one attached hydrogen (secondary N) is 1. The van der Waals surface area contributed by atoms with Crippen molar-refractivity contribution < 1.29 is 4.42 Å². The number of nitrogens with zero attached hydrogens (tertiary/aromatic N) is 3. The zero-order valence-corrected chi connectivity index (χ0v) is 13.9. The van der Waals surface area contributed by atoms with E-state index < -0.39 is 0 Å². The number of furan rings is 1. The van der Waals surface area contributed by atoms with Gasteiger partial charge in [0.15, 0.2) is 0 Å². The Kier molecular flexibility index (Phi) is 3.69. The van der Waals surface area contributed by atoms with Gasteiger partial charge >= 0.3 is 0 Å². The molecule has 3 heterocycles. The minimum atomic E-state index is 0.289. The smallest absolute Gasteiger partial charge is 0.107 e. The van der Waals surface area contributed by atoms with Crippen molar-refractivity contribution in [2.24, 2.45) is 0 Å². The Labute approximate surface area is 140 Å². The Hall–Kier alpha value is -2.82. The van der Waals surface area contributed by atoms with E-state index in [2.05, 4.69) is 40.4 Å². The predicted molar refractivity (Wildman–Crippen MR) is 93.0 cm³/mol. The first-order valence-corrected chi connectivity index (χ1v) is 8.19. The summed E-state index contributed by atoms with van der Waals surface area (Å²) in [5, 5.41) is 9.76. The van der Waals surface area contributed by atoms with Crippen molar-refractivity contribution in [3.05, 3.63) is 71.6 Å². The van der Waals surface area contributed by atoms with Gasteiger partial charge in [-0.25, -0.2) is 4.68 Å². The van der Waals surface area contributed by atoms with Gasteiger partial charge in [0.1, 0.15) is 11.5 Å². The molecule has 3 aromatic heterocycles. The summed E-state index contributed by atoms with van der Waals surface area (Å²) >= 11 is 0. The third-order valence-electron chi connectivity index (χ3n) is 4.27. The SMILES string of the molecule is Cc1ccc(C(C)Cc2cn(Cc3cc4ccccc4[nH]3)nn2)o1. The van der Waals surface area contributed by atoms with Crippen molar-refractivity contribution in [3.8, 4) is 0 Å². The van der Waals surface area contributed by atoms with E-state index in [4.69, 9.17) is 4.42 Å². The third kappa shape index (κ3) is 2.97. The van der Waals surface area contributed by atoms with Crippen molar-refractivity contribution in [2.75, 3.05) is 0 Å². The van der Waals surface area contributed by atoms with Crippen molar-refractivity contribution in [2.45, 2.75) is 32.7 Å². The lowest BCUT2D eigenvalue weighted by Gasteiger charge is -2.05. The Morgan fingerprint density at radius 2 is 2.08 bits per heavy atom. The van der Waals surface area contributed by atoms with Crippen LogP contribution < -0.4 is 0 Å². The molecule has 24 heavy (non-hydrogen) atoms. The number of aromatic nitrogens is 4. The molecule has 0 amide bonds. The maximum atomic E-state index is 5.69. The van der Waals surface area contributed by atoms with E-state index in [0.29, 0.717) is 6.54 Å². The molecule has 0 radical (unpaired) electrons. The minimum Gasteiger partial charge on any atom is -0.466 e. The van der Waals surface area contributed by atoms with Crippen LogP contribution in [0.5, 0.6) is 0 Å². The van der Waals surface area contributed by atoms with Crippen LogP contribution >= 0.6 is 0 Å². The number of hydrogen-bond acceptors (Lipinski definition) is 3. The van der Waals surface area contributed by atoms with Crippen LogP contribution in [-0.2, 0) is 13.0 Å². The van der Waals surface area contributed by atoms with E-state index in [1.807, 2.05) is 42.1 Å². The van der Waals surface area contributed by atoms with Crippen LogP contribution in [0.15, 0.2) is 53.1 Å². The molecule has 1 N–H and O–H groups in total. The average Bonchev–Trinajstić information content (AvgIpc) is 3.27. The molecule has 0 saturated heterocycles. The van der Waals surface area contributed by atoms with Crippen LogP contribution in [0.2, 0.25) is 0 Å². The molecule has 0 spiro atoms. The van der Waals surface area contributed by atoms with Crippen molar-refractivity contribution in [3.63, 3.8) is 0 Å². The maximum Gasteiger partial charge on any atom is 0.107 e. The summed E-state index contributed by atoms with van der Waals surface area (Å²) in [6.07, 6.45) is 2.83. The molecular formula is C19H20N4O. The highest BCUT2D eigenvalue weighted by Crippen LogP contribution is 2.21. The van der Waals surface area contributed by atoms with Crippen LogP contribution in [0.25, 0.3) is 10.9 Å². The first kappa shape index (κ1) is 14.8. The lowest BCUT2D eigenvalue weighted by atomic mass is 10.0. The van der Waals surface area contributed by atoms with E-state index in [9.17, 15) is 0 Å². The summed E-state index contributed by atoms with van der Waals surface area (Å²) in [5.41, 5.74) is 3.25. The fraction of sp³-hybridized carbons (Fsp3) is 0.263. The zero-order chi connectivity index (χ0) is 16.5. The Bertz CT molecular complexity index is 929. The normalized spacial score (nSPS) is 12.8. The van der Waals surface area contributed by atoms with Gasteiger partial charge in [-0.2, -0.15) is 0 Å². The van der Waals surface area contributed by atoms with Gasteiger partial charge in [0.25, 0.3) is 0 Å². The van der Waals surface area contributed by atoms with E-state index in [1.54, 1.807) is 0 Å². The monoisotopic (exact) mass is 320 g/mol. The number of fused-ring (bicyclic) bond motifs is 1. The Morgan fingerprint density at radius 1 is 1.21 bits per heavy atom. The summed E-state index contributed by atoms with van der Waals surface area (Å²) in [6.45, 7) is 4.80. The van der Waals surface area contributed by atoms with Crippen molar-refractivity contribution >= 4 is 10.9 Å². The number of hydrogen-bond donors (Lipinski definition) is 1. The van der Waals surface area contributed by atoms with Gasteiger partial charge in [0.2, 0.25) is 0 Å². The molecule has 0 fully saturated rings. The third-order valence-corrected chi connectivity index (χ3v) is 4.27. The summed E-state index contributed by atoms with van der Waals surface area (Å²) in [6, 6.07) is 14.5. The van der Waals surface area contributed by atoms with Crippen LogP contribution in [0.1, 0.15) is 35.7 Å². The highest BCUT2D eigenvalue weighted by atomic mass is 16.3. The molecule has 4 rings (SSSR count). The lowest BCUT2D eigenvalue weighted by Crippen LogP contribution is -2.00. The molecule has 1 aromatic carbocycles. The topological polar surface area (TPSA) is 59.6 Å². The molecular weight excluding hydrogens is 300 g/mol. The average molecular weight is 320 g/mol. The molecule has 0 aliphatic heterocycles. The number of para-hydroxylation sites is 1. The van der Waals surface area contributed by atoms with Gasteiger partial charge in [0.05, 0.1) is 12.2 Å². The number of rotatable bonds is 5. The molecule has 0 aliphatic rings. The van der Waals surface area contributed by atoms with Crippen LogP contribution in [0, 0.1) is 6.92 Å². The maximum absolute atomic E-state index is 5.69. The summed E-state index contributed by atoms with van der Waals surface area (Å²) in [4.78, 5) is 3.42. The fourth-order valence-corrected chi connectivity index (χ4v) is 3.04. The van der Waals surface area contributed by atoms with E-state index in [1.165, 1.54) is 5.39 Å². The largest absolute Gasteiger partial charge is 0.466 e. The molecule has 1 unspecified atom stereocenters. The first-order valence-electron chi connectivity index (χ1n) is 8.19. The van der Waals surface area contributed by atoms with Crippen LogP contribution in [0.3, 0.4) is 0 Å². The lowest BCUT2D eigenvalue weighted by molar-refractivity contribution is 0.450. The summed E-state index contributed by atoms with van der Waals surface area (Å²) in [5.74, 6) is 2.23. The first-order chi connectivity index (χ1) is 11.7. The van der Waals surface area contributed by atoms with E-state index in [-0.39, 0.29) is 5.92 Å². The molecule has 0 saturated carbocycles. The number of aromatic amines is 1. The summed E-state index contributed by atoms with van der Waals surface area (Å²) < 4.78 is 7.57. The molecule has 0 bridgehead atoms. The molecule has 4 aromatic rings. The van der Waals surface area contributed by atoms with E-state index in [0.717, 1.165) is 34.8 Å². The Morgan fingerprint density at radius 3 is 2.88 bits per heavy atom. The molecule has 5 heteroatoms. The molecule has 0 aliphatic carbocycles. The Balaban J connectivity index is 1.46. The number of H-pyrrole nitrogens is 1. The van der Waals surface area contributed by atoms with Gasteiger partial charge < -0.3 is 9.40 Å². The highest BCUT2D eigenvalue weighted by Gasteiger charge is 2.13. The van der Waals surface area contributed by atoms with Gasteiger partial charge in [-0.05, 0) is 36.6 Å². The van der Waals surface area contributed by atoms with Gasteiger partial charge in [-0.1, -0.05) is 30.3 Å². The summed E-state index contributed by atoms with van der Waals surface area (Å²) in [7, 11) is 0. The second-order valence-electron chi connectivity index (χ2n) is 6.34. The van der Waals surface area contributed by atoms with Crippen molar-refractivity contribution in [1.29, 1.82) is 0 Å². The second kappa shape index (κ2) is 6.00. The predicted octanol–water partition coefficient (Wildman–Crippen LogP) is 4.06. The standard InChI is InChI=1S/C19H20N4O/c1-13(19-8-7-14(2)24-19)9-17-12-23(22-21-17)11-16-10-15-5-3-4-6-18(15)20-16/h3-8,10,12-13,20H,9,11H2,1-2H3. The molecule has 1 atom stereocenters. The van der Waals surface area contributed by atoms with Gasteiger partial charge in [-0.15, -0.1) is 5.10 Å². The highest BCUT2D eigenvalue weighted by molar-refractivity contribution is 5.80. The zero-order valence-electron chi connectivity index (χ0n) is 13.9. The second-order valence-corrected chi connectivity index (χ2v) is 6.34. The van der Waals surface area contributed by atoms with Gasteiger partial charge in [0, 0.05) is 29.7 Å². The van der Waals surface area contributed by atoms with Crippen LogP contribution in [-0.4, -0.2) is 20.0 Å². The van der Waals surface area contributed by atoms with Gasteiger partial charge in [-0.3, -0.25) is 0 Å². The molecule has 122 valence electrons. The minimum absolute atomic E-state index is 0.289. The van der Waals surface area contributed by atoms with Crippen molar-refractivity contribution in [1.82, 2.24) is 20.0 Å². The quantitative estimate of drug-likeness (QED) is 0.603. The molecule has 5 nitrogen and oxygen atoms in total. The number of benzene rings is 1. The van der Waals surface area contributed by atoms with Crippen LogP contribution in [0.4, 0.5) is 0 Å².